The zero-order valence-electron chi connectivity index (χ0n) is 5.97. The van der Waals surface area contributed by atoms with Crippen molar-refractivity contribution in [3.8, 4) is 0 Å². The van der Waals surface area contributed by atoms with Crippen LogP contribution in [0.25, 0.3) is 0 Å². The maximum absolute atomic E-state index is 10.7. The maximum Gasteiger partial charge on any atom is 0.178 e. The summed E-state index contributed by atoms with van der Waals surface area (Å²) < 4.78 is 0. The van der Waals surface area contributed by atoms with Gasteiger partial charge in [0.2, 0.25) is 0 Å². The van der Waals surface area contributed by atoms with Gasteiger partial charge >= 0.3 is 0 Å². The molecule has 1 heterocycles. The van der Waals surface area contributed by atoms with Gasteiger partial charge < -0.3 is 5.73 Å². The zero-order valence-corrected chi connectivity index (χ0v) is 6.72. The molecule has 2 N–H and O–H groups in total. The van der Waals surface area contributed by atoms with Crippen molar-refractivity contribution in [3.05, 3.63) is 23.0 Å². The first-order chi connectivity index (χ1) is 5.11. The van der Waals surface area contributed by atoms with Crippen LogP contribution in [0.4, 0.5) is 5.69 Å². The lowest BCUT2D eigenvalue weighted by Crippen LogP contribution is -1.98. The van der Waals surface area contributed by atoms with E-state index >= 15 is 0 Å². The Morgan fingerprint density at radius 1 is 1.73 bits per heavy atom. The number of ketones is 1. The average molecular weight is 171 g/mol. The van der Waals surface area contributed by atoms with E-state index in [1.807, 2.05) is 0 Å². The van der Waals surface area contributed by atoms with Crippen molar-refractivity contribution < 1.29 is 4.79 Å². The van der Waals surface area contributed by atoms with E-state index in [1.165, 1.54) is 19.2 Å². The molecule has 0 unspecified atom stereocenters. The summed E-state index contributed by atoms with van der Waals surface area (Å²) in [4.78, 5) is 14.5. The van der Waals surface area contributed by atoms with Crippen LogP contribution in [0.1, 0.15) is 17.4 Å². The third-order valence-electron chi connectivity index (χ3n) is 1.25. The summed E-state index contributed by atoms with van der Waals surface area (Å²) in [6, 6.07) is 1.46. The van der Waals surface area contributed by atoms with Crippen LogP contribution >= 0.6 is 11.6 Å². The number of pyridine rings is 1. The van der Waals surface area contributed by atoms with Gasteiger partial charge in [0.05, 0.1) is 10.7 Å². The molecule has 0 aliphatic heterocycles. The Morgan fingerprint density at radius 3 is 2.82 bits per heavy atom. The van der Waals surface area contributed by atoms with Gasteiger partial charge in [-0.3, -0.25) is 9.78 Å². The molecule has 0 saturated heterocycles. The Balaban J connectivity index is 3.15. The summed E-state index contributed by atoms with van der Waals surface area (Å²) in [5, 5.41) is 0.370. The van der Waals surface area contributed by atoms with Crippen molar-refractivity contribution in [2.24, 2.45) is 0 Å². The largest absolute Gasteiger partial charge is 0.397 e. The van der Waals surface area contributed by atoms with E-state index in [9.17, 15) is 4.79 Å². The van der Waals surface area contributed by atoms with Crippen LogP contribution in [0.5, 0.6) is 0 Å². The molecule has 0 bridgehead atoms. The second-order valence-electron chi connectivity index (χ2n) is 2.15. The molecule has 0 aromatic carbocycles. The van der Waals surface area contributed by atoms with Crippen LogP contribution in [-0.2, 0) is 0 Å². The van der Waals surface area contributed by atoms with E-state index in [0.717, 1.165) is 0 Å². The quantitative estimate of drug-likeness (QED) is 0.651. The monoisotopic (exact) mass is 170 g/mol. The van der Waals surface area contributed by atoms with Crippen molar-refractivity contribution in [1.82, 2.24) is 4.98 Å². The summed E-state index contributed by atoms with van der Waals surface area (Å²) in [6.45, 7) is 1.43. The minimum Gasteiger partial charge on any atom is -0.397 e. The van der Waals surface area contributed by atoms with Gasteiger partial charge in [-0.1, -0.05) is 11.6 Å². The lowest BCUT2D eigenvalue weighted by atomic mass is 10.2. The van der Waals surface area contributed by atoms with Gasteiger partial charge in [-0.05, 0) is 6.07 Å². The van der Waals surface area contributed by atoms with Crippen molar-refractivity contribution in [3.63, 3.8) is 0 Å². The van der Waals surface area contributed by atoms with Crippen LogP contribution in [0.15, 0.2) is 12.3 Å². The van der Waals surface area contributed by atoms with Gasteiger partial charge in [-0.15, -0.1) is 0 Å². The standard InChI is InChI=1S/C7H7ClN2O/c1-4(11)7-2-6(9)5(8)3-10-7/h2-3H,1H3,(H2,9,10). The van der Waals surface area contributed by atoms with Gasteiger partial charge in [0.25, 0.3) is 0 Å². The number of anilines is 1. The molecule has 0 radical (unpaired) electrons. The van der Waals surface area contributed by atoms with E-state index in [2.05, 4.69) is 4.98 Å². The first kappa shape index (κ1) is 8.01. The Labute approximate surface area is 69.2 Å². The molecule has 1 aromatic rings. The molecule has 11 heavy (non-hydrogen) atoms. The van der Waals surface area contributed by atoms with Gasteiger partial charge in [0.1, 0.15) is 5.69 Å². The van der Waals surface area contributed by atoms with Crippen LogP contribution in [-0.4, -0.2) is 10.8 Å². The number of carbonyl (C=O) groups excluding carboxylic acids is 1. The normalized spacial score (nSPS) is 9.64. The third-order valence-corrected chi connectivity index (χ3v) is 1.56. The summed E-state index contributed by atoms with van der Waals surface area (Å²) in [5.41, 5.74) is 6.16. The van der Waals surface area contributed by atoms with E-state index in [4.69, 9.17) is 17.3 Å². The first-order valence-corrected chi connectivity index (χ1v) is 3.41. The Hall–Kier alpha value is -1.09. The minimum absolute atomic E-state index is 0.117. The highest BCUT2D eigenvalue weighted by Crippen LogP contribution is 2.17. The second-order valence-corrected chi connectivity index (χ2v) is 2.55. The van der Waals surface area contributed by atoms with Crippen molar-refractivity contribution >= 4 is 23.1 Å². The van der Waals surface area contributed by atoms with Gasteiger partial charge in [0, 0.05) is 13.1 Å². The number of hydrogen-bond donors (Lipinski definition) is 1. The average Bonchev–Trinajstić information content (AvgIpc) is 1.94. The third kappa shape index (κ3) is 1.68. The summed E-state index contributed by atoms with van der Waals surface area (Å²) in [5.74, 6) is -0.117. The SMILES string of the molecule is CC(=O)c1cc(N)c(Cl)cn1. The van der Waals surface area contributed by atoms with Gasteiger partial charge in [-0.2, -0.15) is 0 Å². The van der Waals surface area contributed by atoms with Gasteiger partial charge in [0.15, 0.2) is 5.78 Å². The van der Waals surface area contributed by atoms with Crippen molar-refractivity contribution in [2.45, 2.75) is 6.92 Å². The van der Waals surface area contributed by atoms with Crippen molar-refractivity contribution in [2.75, 3.05) is 5.73 Å². The molecule has 0 aliphatic rings. The fourth-order valence-corrected chi connectivity index (χ4v) is 0.750. The molecule has 0 amide bonds. The Bertz CT molecular complexity index is 298. The Morgan fingerprint density at radius 2 is 2.36 bits per heavy atom. The predicted octanol–water partition coefficient (Wildman–Crippen LogP) is 1.52. The number of nitrogens with zero attached hydrogens (tertiary/aromatic N) is 1. The minimum atomic E-state index is -0.117. The highest BCUT2D eigenvalue weighted by Gasteiger charge is 2.02. The molecule has 4 heteroatoms. The number of rotatable bonds is 1. The van der Waals surface area contributed by atoms with Gasteiger partial charge in [-0.25, -0.2) is 0 Å². The van der Waals surface area contributed by atoms with Crippen LogP contribution in [0, 0.1) is 0 Å². The lowest BCUT2D eigenvalue weighted by Gasteiger charge is -1.97. The van der Waals surface area contributed by atoms with Crippen LogP contribution in [0.3, 0.4) is 0 Å². The predicted molar refractivity (Wildman–Crippen MR) is 43.7 cm³/mol. The van der Waals surface area contributed by atoms with E-state index in [0.29, 0.717) is 16.4 Å². The molecule has 0 fully saturated rings. The number of halogens is 1. The second kappa shape index (κ2) is 2.88. The molecule has 58 valence electrons. The van der Waals surface area contributed by atoms with E-state index in [-0.39, 0.29) is 5.78 Å². The fraction of sp³-hybridized carbons (Fsp3) is 0.143. The number of nitrogens with two attached hydrogens (primary N) is 1. The fourth-order valence-electron chi connectivity index (χ4n) is 0.647. The molecule has 0 saturated carbocycles. The highest BCUT2D eigenvalue weighted by molar-refractivity contribution is 6.33. The number of hydrogen-bond acceptors (Lipinski definition) is 3. The van der Waals surface area contributed by atoms with E-state index < -0.39 is 0 Å². The molecular weight excluding hydrogens is 164 g/mol. The number of aromatic nitrogens is 1. The highest BCUT2D eigenvalue weighted by atomic mass is 35.5. The smallest absolute Gasteiger partial charge is 0.178 e. The molecule has 0 atom stereocenters. The molecular formula is C7H7ClN2O. The first-order valence-electron chi connectivity index (χ1n) is 3.03. The summed E-state index contributed by atoms with van der Waals surface area (Å²) in [7, 11) is 0. The topological polar surface area (TPSA) is 56.0 Å². The number of carbonyl (C=O) groups is 1. The molecule has 3 nitrogen and oxygen atoms in total. The number of Topliss-reactive ketones (excluding diaryl/α,β-unsaturated/α-hetero) is 1. The van der Waals surface area contributed by atoms with Crippen LogP contribution < -0.4 is 5.73 Å². The van der Waals surface area contributed by atoms with Crippen molar-refractivity contribution in [1.29, 1.82) is 0 Å². The summed E-state index contributed by atoms with van der Waals surface area (Å²) in [6.07, 6.45) is 1.37. The molecule has 0 spiro atoms. The molecule has 1 aromatic heterocycles. The van der Waals surface area contributed by atoms with E-state index in [1.54, 1.807) is 0 Å². The van der Waals surface area contributed by atoms with Crippen LogP contribution in [0.2, 0.25) is 5.02 Å². The molecule has 0 aliphatic carbocycles. The maximum atomic E-state index is 10.7. The summed E-state index contributed by atoms with van der Waals surface area (Å²) >= 11 is 5.59. The zero-order chi connectivity index (χ0) is 8.43. The number of nitrogen functional groups attached to an aromatic ring is 1. The Kier molecular flexibility index (Phi) is 2.10. The lowest BCUT2D eigenvalue weighted by molar-refractivity contribution is 0.101. The molecule has 1 rings (SSSR count).